The lowest BCUT2D eigenvalue weighted by molar-refractivity contribution is -0.137. The molecule has 8 heteroatoms. The van der Waals surface area contributed by atoms with Crippen molar-refractivity contribution < 1.29 is 22.7 Å². The van der Waals surface area contributed by atoms with Crippen molar-refractivity contribution in [2.75, 3.05) is 37.1 Å². The fraction of sp³-hybridized carbons (Fsp3) is 0.556. The van der Waals surface area contributed by atoms with Crippen molar-refractivity contribution in [2.45, 2.75) is 31.3 Å². The first kappa shape index (κ1) is 18.7. The van der Waals surface area contributed by atoms with E-state index in [1.54, 1.807) is 29.2 Å². The number of anilines is 1. The van der Waals surface area contributed by atoms with Gasteiger partial charge in [-0.1, -0.05) is 0 Å². The molecule has 0 bridgehead atoms. The van der Waals surface area contributed by atoms with E-state index in [1.165, 1.54) is 0 Å². The standard InChI is InChI=1S/C18H24N2O5S/c1-19(2)14-5-3-13(4-6-14)18(22)25-11-17(21)20(15-7-8-15)16-9-10-26(23,24)12-16/h3-6,15-16H,7-12H2,1-2H3/t16-/m0/s1. The number of carbonyl (C=O) groups excluding carboxylic acids is 2. The van der Waals surface area contributed by atoms with Crippen molar-refractivity contribution in [1.29, 1.82) is 0 Å². The molecule has 1 aliphatic carbocycles. The van der Waals surface area contributed by atoms with Gasteiger partial charge in [-0.25, -0.2) is 13.2 Å². The molecule has 7 nitrogen and oxygen atoms in total. The summed E-state index contributed by atoms with van der Waals surface area (Å²) in [6.45, 7) is -0.360. The van der Waals surface area contributed by atoms with Crippen molar-refractivity contribution in [3.8, 4) is 0 Å². The molecular weight excluding hydrogens is 356 g/mol. The minimum Gasteiger partial charge on any atom is -0.452 e. The molecule has 1 aromatic rings. The van der Waals surface area contributed by atoms with Crippen LogP contribution in [0, 0.1) is 0 Å². The van der Waals surface area contributed by atoms with Crippen LogP contribution in [0.25, 0.3) is 0 Å². The molecule has 1 amide bonds. The number of amides is 1. The first-order valence-corrected chi connectivity index (χ1v) is 10.5. The first-order valence-electron chi connectivity index (χ1n) is 8.73. The van der Waals surface area contributed by atoms with Gasteiger partial charge in [-0.15, -0.1) is 0 Å². The van der Waals surface area contributed by atoms with Crippen LogP contribution in [-0.4, -0.2) is 69.5 Å². The van der Waals surface area contributed by atoms with Crippen LogP contribution in [0.3, 0.4) is 0 Å². The number of hydrogen-bond donors (Lipinski definition) is 0. The van der Waals surface area contributed by atoms with Gasteiger partial charge in [-0.2, -0.15) is 0 Å². The van der Waals surface area contributed by atoms with Crippen LogP contribution in [0.15, 0.2) is 24.3 Å². The Hall–Kier alpha value is -2.09. The van der Waals surface area contributed by atoms with Gasteiger partial charge in [0.05, 0.1) is 17.1 Å². The third-order valence-corrected chi connectivity index (χ3v) is 6.53. The number of nitrogens with zero attached hydrogens (tertiary/aromatic N) is 2. The smallest absolute Gasteiger partial charge is 0.338 e. The van der Waals surface area contributed by atoms with Gasteiger partial charge in [0, 0.05) is 31.9 Å². The van der Waals surface area contributed by atoms with Crippen molar-refractivity contribution in [3.05, 3.63) is 29.8 Å². The van der Waals surface area contributed by atoms with Crippen LogP contribution >= 0.6 is 0 Å². The highest BCUT2D eigenvalue weighted by Gasteiger charge is 2.42. The van der Waals surface area contributed by atoms with Gasteiger partial charge in [0.1, 0.15) is 0 Å². The second kappa shape index (κ2) is 7.26. The zero-order valence-electron chi connectivity index (χ0n) is 15.1. The lowest BCUT2D eigenvalue weighted by atomic mass is 10.2. The van der Waals surface area contributed by atoms with E-state index >= 15 is 0 Å². The maximum absolute atomic E-state index is 12.5. The molecule has 26 heavy (non-hydrogen) atoms. The summed E-state index contributed by atoms with van der Waals surface area (Å²) < 4.78 is 28.6. The number of benzene rings is 1. The Bertz CT molecular complexity index is 784. The molecule has 0 unspecified atom stereocenters. The maximum atomic E-state index is 12.5. The van der Waals surface area contributed by atoms with Crippen LogP contribution in [0.5, 0.6) is 0 Å². The summed E-state index contributed by atoms with van der Waals surface area (Å²) in [5.41, 5.74) is 1.34. The first-order chi connectivity index (χ1) is 12.3. The van der Waals surface area contributed by atoms with Crippen LogP contribution < -0.4 is 4.90 Å². The summed E-state index contributed by atoms with van der Waals surface area (Å²) in [4.78, 5) is 28.3. The number of rotatable bonds is 6. The van der Waals surface area contributed by atoms with Crippen molar-refractivity contribution in [1.82, 2.24) is 4.90 Å². The van der Waals surface area contributed by atoms with E-state index in [1.807, 2.05) is 19.0 Å². The Morgan fingerprint density at radius 2 is 1.73 bits per heavy atom. The molecule has 1 aromatic carbocycles. The fourth-order valence-corrected chi connectivity index (χ4v) is 4.95. The van der Waals surface area contributed by atoms with Gasteiger partial charge >= 0.3 is 5.97 Å². The Morgan fingerprint density at radius 3 is 2.23 bits per heavy atom. The van der Waals surface area contributed by atoms with Gasteiger partial charge in [-0.05, 0) is 43.5 Å². The quantitative estimate of drug-likeness (QED) is 0.687. The summed E-state index contributed by atoms with van der Waals surface area (Å²) in [5, 5.41) is 0. The number of hydrogen-bond acceptors (Lipinski definition) is 6. The Morgan fingerprint density at radius 1 is 1.08 bits per heavy atom. The molecule has 1 atom stereocenters. The second-order valence-corrected chi connectivity index (χ2v) is 9.34. The zero-order chi connectivity index (χ0) is 18.9. The summed E-state index contributed by atoms with van der Waals surface area (Å²) in [5.74, 6) is -0.743. The summed E-state index contributed by atoms with van der Waals surface area (Å²) in [6.07, 6.45) is 2.22. The number of esters is 1. The lowest BCUT2D eigenvalue weighted by Gasteiger charge is -2.28. The Balaban J connectivity index is 1.59. The minimum atomic E-state index is -3.07. The highest BCUT2D eigenvalue weighted by Crippen LogP contribution is 2.32. The zero-order valence-corrected chi connectivity index (χ0v) is 15.9. The van der Waals surface area contributed by atoms with E-state index in [0.29, 0.717) is 12.0 Å². The van der Waals surface area contributed by atoms with E-state index in [9.17, 15) is 18.0 Å². The molecule has 1 saturated heterocycles. The third-order valence-electron chi connectivity index (χ3n) is 4.78. The van der Waals surface area contributed by atoms with Gasteiger partial charge in [0.25, 0.3) is 5.91 Å². The van der Waals surface area contributed by atoms with Crippen LogP contribution in [0.4, 0.5) is 5.69 Å². The molecular formula is C18H24N2O5S. The molecule has 0 spiro atoms. The number of carbonyl (C=O) groups is 2. The summed E-state index contributed by atoms with van der Waals surface area (Å²) in [6, 6.07) is 6.71. The molecule has 1 heterocycles. The molecule has 1 saturated carbocycles. The predicted octanol–water partition coefficient (Wildman–Crippen LogP) is 1.09. The lowest BCUT2D eigenvalue weighted by Crippen LogP contribution is -2.44. The monoisotopic (exact) mass is 380 g/mol. The largest absolute Gasteiger partial charge is 0.452 e. The van der Waals surface area contributed by atoms with Crippen molar-refractivity contribution in [3.63, 3.8) is 0 Å². The average Bonchev–Trinajstić information content (AvgIpc) is 3.36. The van der Waals surface area contributed by atoms with Gasteiger partial charge in [0.15, 0.2) is 16.4 Å². The maximum Gasteiger partial charge on any atom is 0.338 e. The highest BCUT2D eigenvalue weighted by molar-refractivity contribution is 7.91. The molecule has 0 aromatic heterocycles. The SMILES string of the molecule is CN(C)c1ccc(C(=O)OCC(=O)N(C2CC2)[C@H]2CCS(=O)(=O)C2)cc1. The van der Waals surface area contributed by atoms with E-state index in [-0.39, 0.29) is 36.1 Å². The highest BCUT2D eigenvalue weighted by atomic mass is 32.2. The van der Waals surface area contributed by atoms with Gasteiger partial charge < -0.3 is 14.5 Å². The van der Waals surface area contributed by atoms with Crippen LogP contribution in [0.1, 0.15) is 29.6 Å². The normalized spacial score (nSPS) is 21.2. The molecule has 1 aliphatic heterocycles. The summed E-state index contributed by atoms with van der Waals surface area (Å²) >= 11 is 0. The Kier molecular flexibility index (Phi) is 5.22. The van der Waals surface area contributed by atoms with Gasteiger partial charge in [-0.3, -0.25) is 4.79 Å². The second-order valence-electron chi connectivity index (χ2n) is 7.11. The van der Waals surface area contributed by atoms with E-state index in [2.05, 4.69) is 0 Å². The molecule has 142 valence electrons. The van der Waals surface area contributed by atoms with E-state index in [0.717, 1.165) is 18.5 Å². The van der Waals surface area contributed by atoms with Crippen LogP contribution in [0.2, 0.25) is 0 Å². The molecule has 2 fully saturated rings. The molecule has 0 radical (unpaired) electrons. The van der Waals surface area contributed by atoms with E-state index in [4.69, 9.17) is 4.74 Å². The van der Waals surface area contributed by atoms with E-state index < -0.39 is 15.8 Å². The number of sulfone groups is 1. The topological polar surface area (TPSA) is 84.0 Å². The number of ether oxygens (including phenoxy) is 1. The molecule has 2 aliphatic rings. The minimum absolute atomic E-state index is 0.00911. The van der Waals surface area contributed by atoms with Crippen LogP contribution in [-0.2, 0) is 19.4 Å². The molecule has 3 rings (SSSR count). The van der Waals surface area contributed by atoms with Gasteiger partial charge in [0.2, 0.25) is 0 Å². The van der Waals surface area contributed by atoms with Crippen molar-refractivity contribution in [2.24, 2.45) is 0 Å². The molecule has 0 N–H and O–H groups in total. The average molecular weight is 380 g/mol. The fourth-order valence-electron chi connectivity index (χ4n) is 3.23. The third kappa shape index (κ3) is 4.35. The summed E-state index contributed by atoms with van der Waals surface area (Å²) in [7, 11) is 0.738. The van der Waals surface area contributed by atoms with Crippen molar-refractivity contribution >= 4 is 27.4 Å². The predicted molar refractivity (Wildman–Crippen MR) is 98.0 cm³/mol. The Labute approximate surface area is 153 Å².